The summed E-state index contributed by atoms with van der Waals surface area (Å²) in [6.07, 6.45) is 3.88. The highest BCUT2D eigenvalue weighted by Crippen LogP contribution is 2.20. The molecule has 0 atom stereocenters. The van der Waals surface area contributed by atoms with Crippen LogP contribution >= 0.6 is 0 Å². The molecule has 0 unspecified atom stereocenters. The molecule has 0 saturated carbocycles. The van der Waals surface area contributed by atoms with Crippen LogP contribution in [0.5, 0.6) is 0 Å². The average Bonchev–Trinajstić information content (AvgIpc) is 3.35. The van der Waals surface area contributed by atoms with Gasteiger partial charge in [0.15, 0.2) is 5.82 Å². The van der Waals surface area contributed by atoms with Crippen molar-refractivity contribution in [2.45, 2.75) is 26.4 Å². The Morgan fingerprint density at radius 3 is 2.63 bits per heavy atom. The summed E-state index contributed by atoms with van der Waals surface area (Å²) in [7, 11) is 0. The van der Waals surface area contributed by atoms with Crippen molar-refractivity contribution in [3.63, 3.8) is 0 Å². The summed E-state index contributed by atoms with van der Waals surface area (Å²) < 4.78 is 19.9. The molecule has 1 aromatic carbocycles. The van der Waals surface area contributed by atoms with Gasteiger partial charge in [0.2, 0.25) is 11.8 Å². The molecule has 0 bridgehead atoms. The number of hydrogen-bond acceptors (Lipinski definition) is 6. The molecule has 0 radical (unpaired) electrons. The van der Waals surface area contributed by atoms with Crippen molar-refractivity contribution < 1.29 is 13.7 Å². The number of pyridine rings is 1. The molecule has 3 heterocycles. The Bertz CT molecular complexity index is 1140. The number of nitrogens with one attached hydrogen (secondary N) is 1. The van der Waals surface area contributed by atoms with Crippen LogP contribution in [-0.2, 0) is 24.3 Å². The average molecular weight is 406 g/mol. The van der Waals surface area contributed by atoms with Crippen LogP contribution in [0.4, 0.5) is 4.39 Å². The first-order valence-electron chi connectivity index (χ1n) is 9.34. The number of benzene rings is 1. The molecule has 152 valence electrons. The summed E-state index contributed by atoms with van der Waals surface area (Å²) in [4.78, 5) is 20.6. The van der Waals surface area contributed by atoms with Gasteiger partial charge in [-0.1, -0.05) is 17.3 Å². The minimum Gasteiger partial charge on any atom is -0.345 e. The zero-order valence-electron chi connectivity index (χ0n) is 16.2. The van der Waals surface area contributed by atoms with Crippen molar-refractivity contribution in [3.05, 3.63) is 83.6 Å². The summed E-state index contributed by atoms with van der Waals surface area (Å²) in [5.74, 6) is 0.316. The van der Waals surface area contributed by atoms with Crippen molar-refractivity contribution in [3.8, 4) is 11.3 Å². The Morgan fingerprint density at radius 2 is 1.93 bits per heavy atom. The molecule has 4 rings (SSSR count). The minimum atomic E-state index is -0.291. The maximum Gasteiger partial charge on any atom is 0.246 e. The number of carbonyl (C=O) groups excluding carboxylic acids is 1. The molecule has 4 aromatic rings. The Balaban J connectivity index is 1.53. The Kier molecular flexibility index (Phi) is 5.60. The molecule has 0 fully saturated rings. The molecule has 0 saturated heterocycles. The van der Waals surface area contributed by atoms with Crippen molar-refractivity contribution in [2.24, 2.45) is 0 Å². The molecule has 8 nitrogen and oxygen atoms in total. The van der Waals surface area contributed by atoms with Crippen LogP contribution in [0.1, 0.15) is 23.0 Å². The van der Waals surface area contributed by atoms with Gasteiger partial charge in [-0.05, 0) is 42.8 Å². The third-order valence-electron chi connectivity index (χ3n) is 4.44. The van der Waals surface area contributed by atoms with Gasteiger partial charge in [-0.25, -0.2) is 4.39 Å². The molecule has 30 heavy (non-hydrogen) atoms. The Hall–Kier alpha value is -3.88. The fourth-order valence-corrected chi connectivity index (χ4v) is 2.99. The van der Waals surface area contributed by atoms with E-state index in [9.17, 15) is 9.18 Å². The summed E-state index contributed by atoms with van der Waals surface area (Å²) in [6, 6.07) is 11.9. The number of aryl methyl sites for hydroxylation is 1. The molecule has 9 heteroatoms. The predicted molar refractivity (Wildman–Crippen MR) is 106 cm³/mol. The molecule has 0 aliphatic heterocycles. The zero-order valence-corrected chi connectivity index (χ0v) is 16.2. The largest absolute Gasteiger partial charge is 0.345 e. The highest BCUT2D eigenvalue weighted by Gasteiger charge is 2.14. The smallest absolute Gasteiger partial charge is 0.246 e. The van der Waals surface area contributed by atoms with Crippen molar-refractivity contribution >= 4 is 5.91 Å². The first kappa shape index (κ1) is 19.4. The first-order chi connectivity index (χ1) is 14.6. The van der Waals surface area contributed by atoms with Crippen molar-refractivity contribution in [1.82, 2.24) is 30.2 Å². The van der Waals surface area contributed by atoms with E-state index in [1.54, 1.807) is 36.1 Å². The quantitative estimate of drug-likeness (QED) is 0.507. The highest BCUT2D eigenvalue weighted by atomic mass is 19.1. The van der Waals surface area contributed by atoms with E-state index < -0.39 is 0 Å². The fourth-order valence-electron chi connectivity index (χ4n) is 2.99. The van der Waals surface area contributed by atoms with Gasteiger partial charge in [-0.2, -0.15) is 10.1 Å². The maximum absolute atomic E-state index is 13.2. The summed E-state index contributed by atoms with van der Waals surface area (Å²) in [5, 5.41) is 11.0. The Labute approximate surface area is 171 Å². The van der Waals surface area contributed by atoms with Gasteiger partial charge in [0, 0.05) is 30.1 Å². The van der Waals surface area contributed by atoms with Crippen LogP contribution < -0.4 is 5.32 Å². The number of rotatable bonds is 7. The summed E-state index contributed by atoms with van der Waals surface area (Å²) >= 11 is 0. The monoisotopic (exact) mass is 406 g/mol. The van der Waals surface area contributed by atoms with Gasteiger partial charge in [-0.15, -0.1) is 0 Å². The molecular formula is C21H19FN6O2. The number of hydrogen-bond donors (Lipinski definition) is 1. The first-order valence-corrected chi connectivity index (χ1v) is 9.34. The van der Waals surface area contributed by atoms with E-state index in [-0.39, 0.29) is 24.8 Å². The van der Waals surface area contributed by atoms with Gasteiger partial charge in [-0.3, -0.25) is 14.5 Å². The lowest BCUT2D eigenvalue weighted by Crippen LogP contribution is -2.28. The minimum absolute atomic E-state index is 0.0226. The van der Waals surface area contributed by atoms with E-state index in [0.717, 1.165) is 22.5 Å². The van der Waals surface area contributed by atoms with E-state index in [0.29, 0.717) is 18.1 Å². The lowest BCUT2D eigenvalue weighted by Gasteiger charge is -2.08. The van der Waals surface area contributed by atoms with Crippen molar-refractivity contribution in [1.29, 1.82) is 0 Å². The molecule has 0 spiro atoms. The normalized spacial score (nSPS) is 10.9. The third-order valence-corrected chi connectivity index (χ3v) is 4.44. The zero-order chi connectivity index (χ0) is 20.9. The van der Waals surface area contributed by atoms with Crippen LogP contribution in [0.25, 0.3) is 11.3 Å². The van der Waals surface area contributed by atoms with E-state index in [2.05, 4.69) is 25.5 Å². The van der Waals surface area contributed by atoms with Gasteiger partial charge in [0.1, 0.15) is 12.4 Å². The Morgan fingerprint density at radius 1 is 1.17 bits per heavy atom. The van der Waals surface area contributed by atoms with E-state index in [1.807, 2.05) is 18.2 Å². The predicted octanol–water partition coefficient (Wildman–Crippen LogP) is 2.68. The second-order valence-electron chi connectivity index (χ2n) is 6.73. The van der Waals surface area contributed by atoms with Gasteiger partial charge in [0.25, 0.3) is 0 Å². The van der Waals surface area contributed by atoms with Crippen LogP contribution in [0.2, 0.25) is 0 Å². The highest BCUT2D eigenvalue weighted by molar-refractivity contribution is 5.75. The van der Waals surface area contributed by atoms with Crippen LogP contribution in [0.15, 0.2) is 59.4 Å². The topological polar surface area (TPSA) is 98.7 Å². The second kappa shape index (κ2) is 8.64. The van der Waals surface area contributed by atoms with Crippen LogP contribution in [0.3, 0.4) is 0 Å². The number of halogens is 1. The SMILES string of the molecule is Cc1noc(CNC(=O)Cn2nc(-c3ccncc3)cc2Cc2ccc(F)cc2)n1. The maximum atomic E-state index is 13.2. The van der Waals surface area contributed by atoms with Crippen molar-refractivity contribution in [2.75, 3.05) is 0 Å². The molecular weight excluding hydrogens is 387 g/mol. The third kappa shape index (κ3) is 4.75. The van der Waals surface area contributed by atoms with E-state index >= 15 is 0 Å². The summed E-state index contributed by atoms with van der Waals surface area (Å²) in [6.45, 7) is 1.88. The standard InChI is InChI=1S/C21H19FN6O2/c1-14-25-21(30-27-14)12-24-20(29)13-28-18(10-15-2-4-17(22)5-3-15)11-19(26-28)16-6-8-23-9-7-16/h2-9,11H,10,12-13H2,1H3,(H,24,29). The number of amides is 1. The van der Waals surface area contributed by atoms with E-state index in [4.69, 9.17) is 4.52 Å². The molecule has 0 aliphatic rings. The van der Waals surface area contributed by atoms with Crippen LogP contribution in [-0.4, -0.2) is 30.8 Å². The van der Waals surface area contributed by atoms with Gasteiger partial charge >= 0.3 is 0 Å². The van der Waals surface area contributed by atoms with Crippen LogP contribution in [0, 0.1) is 12.7 Å². The van der Waals surface area contributed by atoms with E-state index in [1.165, 1.54) is 12.1 Å². The van der Waals surface area contributed by atoms with Gasteiger partial charge < -0.3 is 9.84 Å². The van der Waals surface area contributed by atoms with Gasteiger partial charge in [0.05, 0.1) is 12.2 Å². The second-order valence-corrected chi connectivity index (χ2v) is 6.73. The lowest BCUT2D eigenvalue weighted by atomic mass is 10.1. The molecule has 1 N–H and O–H groups in total. The fraction of sp³-hybridized carbons (Fsp3) is 0.190. The molecule has 0 aliphatic carbocycles. The number of nitrogens with zero attached hydrogens (tertiary/aromatic N) is 5. The molecule has 3 aromatic heterocycles. The lowest BCUT2D eigenvalue weighted by molar-refractivity contribution is -0.122. The number of aromatic nitrogens is 5. The number of carbonyl (C=O) groups is 1. The molecule has 1 amide bonds. The summed E-state index contributed by atoms with van der Waals surface area (Å²) in [5.41, 5.74) is 3.37.